The predicted octanol–water partition coefficient (Wildman–Crippen LogP) is 3.99. The Morgan fingerprint density at radius 2 is 1.58 bits per heavy atom. The van der Waals surface area contributed by atoms with Crippen molar-refractivity contribution in [3.8, 4) is 0 Å². The van der Waals surface area contributed by atoms with E-state index in [1.54, 1.807) is 0 Å². The van der Waals surface area contributed by atoms with E-state index in [0.717, 1.165) is 24.5 Å². The monoisotopic (exact) mass is 261 g/mol. The zero-order valence-electron chi connectivity index (χ0n) is 10.7. The van der Waals surface area contributed by atoms with Gasteiger partial charge in [-0.25, -0.2) is 8.78 Å². The van der Waals surface area contributed by atoms with Gasteiger partial charge in [-0.05, 0) is 42.5 Å². The number of nitrogens with two attached hydrogens (primary N) is 1. The van der Waals surface area contributed by atoms with Gasteiger partial charge in [-0.1, -0.05) is 30.3 Å². The molecule has 0 bridgehead atoms. The Balaban J connectivity index is 1.86. The Bertz CT molecular complexity index is 505. The standard InChI is InChI=1S/C16H17F2N/c17-14-9-12(10-15(18)11-14)5-4-8-16(19)13-6-2-1-3-7-13/h1-3,6-7,9-11,16H,4-5,8,19H2. The highest BCUT2D eigenvalue weighted by molar-refractivity contribution is 5.19. The summed E-state index contributed by atoms with van der Waals surface area (Å²) in [5.41, 5.74) is 7.84. The summed E-state index contributed by atoms with van der Waals surface area (Å²) >= 11 is 0. The average Bonchev–Trinajstić information content (AvgIpc) is 2.38. The van der Waals surface area contributed by atoms with Gasteiger partial charge in [-0.3, -0.25) is 0 Å². The average molecular weight is 261 g/mol. The third-order valence-corrected chi connectivity index (χ3v) is 3.13. The van der Waals surface area contributed by atoms with Crippen LogP contribution in [0.3, 0.4) is 0 Å². The van der Waals surface area contributed by atoms with E-state index in [9.17, 15) is 8.78 Å². The summed E-state index contributed by atoms with van der Waals surface area (Å²) in [5, 5.41) is 0. The fraction of sp³-hybridized carbons (Fsp3) is 0.250. The second kappa shape index (κ2) is 6.43. The quantitative estimate of drug-likeness (QED) is 0.865. The molecule has 0 aliphatic heterocycles. The van der Waals surface area contributed by atoms with Gasteiger partial charge < -0.3 is 5.73 Å². The number of halogens is 2. The first-order valence-electron chi connectivity index (χ1n) is 6.40. The van der Waals surface area contributed by atoms with Crippen LogP contribution in [0.25, 0.3) is 0 Å². The van der Waals surface area contributed by atoms with E-state index in [2.05, 4.69) is 0 Å². The Labute approximate surface area is 112 Å². The maximum atomic E-state index is 13.0. The minimum absolute atomic E-state index is 0.0281. The van der Waals surface area contributed by atoms with Gasteiger partial charge in [0.25, 0.3) is 0 Å². The molecule has 1 unspecified atom stereocenters. The van der Waals surface area contributed by atoms with Crippen LogP contribution in [0.1, 0.15) is 30.0 Å². The molecule has 2 rings (SSSR count). The zero-order valence-corrected chi connectivity index (χ0v) is 10.7. The first kappa shape index (κ1) is 13.7. The summed E-state index contributed by atoms with van der Waals surface area (Å²) in [6.45, 7) is 0. The van der Waals surface area contributed by atoms with Gasteiger partial charge in [0.1, 0.15) is 11.6 Å². The second-order valence-corrected chi connectivity index (χ2v) is 4.69. The van der Waals surface area contributed by atoms with Crippen molar-refractivity contribution >= 4 is 0 Å². The summed E-state index contributed by atoms with van der Waals surface area (Å²) in [7, 11) is 0. The molecule has 100 valence electrons. The van der Waals surface area contributed by atoms with Gasteiger partial charge in [0.15, 0.2) is 0 Å². The van der Waals surface area contributed by atoms with Crippen LogP contribution in [0.4, 0.5) is 8.78 Å². The van der Waals surface area contributed by atoms with Crippen LogP contribution in [0.15, 0.2) is 48.5 Å². The van der Waals surface area contributed by atoms with E-state index < -0.39 is 11.6 Å². The van der Waals surface area contributed by atoms with Crippen molar-refractivity contribution in [2.75, 3.05) is 0 Å². The molecule has 1 nitrogen and oxygen atoms in total. The topological polar surface area (TPSA) is 26.0 Å². The van der Waals surface area contributed by atoms with Crippen LogP contribution in [-0.2, 0) is 6.42 Å². The smallest absolute Gasteiger partial charge is 0.126 e. The van der Waals surface area contributed by atoms with E-state index in [4.69, 9.17) is 5.73 Å². The highest BCUT2D eigenvalue weighted by atomic mass is 19.1. The van der Waals surface area contributed by atoms with Crippen molar-refractivity contribution in [1.29, 1.82) is 0 Å². The molecule has 0 saturated heterocycles. The summed E-state index contributed by atoms with van der Waals surface area (Å²) in [6.07, 6.45) is 2.23. The molecule has 0 saturated carbocycles. The summed E-state index contributed by atoms with van der Waals surface area (Å²) in [4.78, 5) is 0. The van der Waals surface area contributed by atoms with Crippen molar-refractivity contribution < 1.29 is 8.78 Å². The maximum absolute atomic E-state index is 13.0. The Hall–Kier alpha value is -1.74. The van der Waals surface area contributed by atoms with Crippen LogP contribution in [0.5, 0.6) is 0 Å². The molecule has 0 aromatic heterocycles. The summed E-state index contributed by atoms with van der Waals surface area (Å²) < 4.78 is 26.0. The van der Waals surface area contributed by atoms with E-state index >= 15 is 0 Å². The molecule has 0 radical (unpaired) electrons. The fourth-order valence-corrected chi connectivity index (χ4v) is 2.15. The van der Waals surface area contributed by atoms with Crippen molar-refractivity contribution in [2.24, 2.45) is 5.73 Å². The van der Waals surface area contributed by atoms with Gasteiger partial charge >= 0.3 is 0 Å². The molecule has 0 fully saturated rings. The minimum atomic E-state index is -0.526. The van der Waals surface area contributed by atoms with Crippen LogP contribution < -0.4 is 5.73 Å². The number of hydrogen-bond acceptors (Lipinski definition) is 1. The van der Waals surface area contributed by atoms with Gasteiger partial charge in [0.05, 0.1) is 0 Å². The van der Waals surface area contributed by atoms with Crippen LogP contribution in [0, 0.1) is 11.6 Å². The highest BCUT2D eigenvalue weighted by Gasteiger charge is 2.06. The maximum Gasteiger partial charge on any atom is 0.126 e. The Morgan fingerprint density at radius 1 is 0.947 bits per heavy atom. The van der Waals surface area contributed by atoms with Crippen molar-refractivity contribution in [3.63, 3.8) is 0 Å². The van der Waals surface area contributed by atoms with Crippen LogP contribution in [0.2, 0.25) is 0 Å². The van der Waals surface area contributed by atoms with Crippen molar-refractivity contribution in [3.05, 3.63) is 71.3 Å². The molecule has 0 amide bonds. The molecule has 1 atom stereocenters. The molecular weight excluding hydrogens is 244 g/mol. The zero-order chi connectivity index (χ0) is 13.7. The molecule has 19 heavy (non-hydrogen) atoms. The van der Waals surface area contributed by atoms with Gasteiger partial charge in [0, 0.05) is 12.1 Å². The molecule has 0 heterocycles. The molecule has 0 aliphatic carbocycles. The highest BCUT2D eigenvalue weighted by Crippen LogP contribution is 2.17. The molecule has 3 heteroatoms. The SMILES string of the molecule is NC(CCCc1cc(F)cc(F)c1)c1ccccc1. The van der Waals surface area contributed by atoms with Gasteiger partial charge in [0.2, 0.25) is 0 Å². The van der Waals surface area contributed by atoms with Gasteiger partial charge in [-0.2, -0.15) is 0 Å². The minimum Gasteiger partial charge on any atom is -0.324 e. The molecule has 2 aromatic rings. The predicted molar refractivity (Wildman–Crippen MR) is 72.7 cm³/mol. The van der Waals surface area contributed by atoms with Gasteiger partial charge in [-0.15, -0.1) is 0 Å². The van der Waals surface area contributed by atoms with Crippen molar-refractivity contribution in [2.45, 2.75) is 25.3 Å². The summed E-state index contributed by atoms with van der Waals surface area (Å²) in [6, 6.07) is 13.5. The number of rotatable bonds is 5. The third-order valence-electron chi connectivity index (χ3n) is 3.13. The van der Waals surface area contributed by atoms with E-state index in [-0.39, 0.29) is 6.04 Å². The van der Waals surface area contributed by atoms with E-state index in [1.807, 2.05) is 30.3 Å². The molecule has 2 aromatic carbocycles. The Kier molecular flexibility index (Phi) is 4.63. The van der Waals surface area contributed by atoms with Crippen LogP contribution in [-0.4, -0.2) is 0 Å². The first-order chi connectivity index (χ1) is 9.15. The first-order valence-corrected chi connectivity index (χ1v) is 6.40. The number of benzene rings is 2. The molecule has 0 aliphatic rings. The van der Waals surface area contributed by atoms with E-state index in [0.29, 0.717) is 12.0 Å². The fourth-order valence-electron chi connectivity index (χ4n) is 2.15. The normalized spacial score (nSPS) is 12.4. The molecule has 2 N–H and O–H groups in total. The van der Waals surface area contributed by atoms with Crippen molar-refractivity contribution in [1.82, 2.24) is 0 Å². The largest absolute Gasteiger partial charge is 0.324 e. The lowest BCUT2D eigenvalue weighted by atomic mass is 10.00. The molecular formula is C16H17F2N. The molecule has 0 spiro atoms. The Morgan fingerprint density at radius 3 is 2.21 bits per heavy atom. The third kappa shape index (κ3) is 4.14. The summed E-state index contributed by atoms with van der Waals surface area (Å²) in [5.74, 6) is -1.05. The number of hydrogen-bond donors (Lipinski definition) is 1. The lowest BCUT2D eigenvalue weighted by molar-refractivity contribution is 0.573. The number of aryl methyl sites for hydroxylation is 1. The lowest BCUT2D eigenvalue weighted by Gasteiger charge is -2.11. The van der Waals surface area contributed by atoms with Crippen LogP contribution >= 0.6 is 0 Å². The second-order valence-electron chi connectivity index (χ2n) is 4.69. The lowest BCUT2D eigenvalue weighted by Crippen LogP contribution is -2.10. The van der Waals surface area contributed by atoms with E-state index in [1.165, 1.54) is 12.1 Å².